The lowest BCUT2D eigenvalue weighted by Crippen LogP contribution is -2.26. The second kappa shape index (κ2) is 6.60. The van der Waals surface area contributed by atoms with Crippen molar-refractivity contribution in [3.63, 3.8) is 0 Å². The Hall–Kier alpha value is -1.61. The molecule has 1 aliphatic carbocycles. The number of hydrogen-bond donors (Lipinski definition) is 1. The lowest BCUT2D eigenvalue weighted by Gasteiger charge is -2.29. The summed E-state index contributed by atoms with van der Waals surface area (Å²) in [5, 5.41) is 5.05. The van der Waals surface area contributed by atoms with Crippen molar-refractivity contribution in [1.82, 2.24) is 0 Å². The first-order valence-corrected chi connectivity index (χ1v) is 9.65. The lowest BCUT2D eigenvalue weighted by atomic mass is 9.81. The highest BCUT2D eigenvalue weighted by atomic mass is 32.2. The Bertz CT molecular complexity index is 754. The van der Waals surface area contributed by atoms with Gasteiger partial charge in [-0.15, -0.1) is 0 Å². The van der Waals surface area contributed by atoms with Gasteiger partial charge in [-0.05, 0) is 36.5 Å². The summed E-state index contributed by atoms with van der Waals surface area (Å²) >= 11 is 0. The molecular weight excluding hydrogens is 357 g/mol. The molecule has 0 bridgehead atoms. The fourth-order valence-corrected chi connectivity index (χ4v) is 4.02. The van der Waals surface area contributed by atoms with Gasteiger partial charge in [0.25, 0.3) is 5.90 Å². The van der Waals surface area contributed by atoms with Crippen LogP contribution in [0.4, 0.5) is 13.2 Å². The minimum absolute atomic E-state index is 0.0246. The van der Waals surface area contributed by atoms with Crippen LogP contribution in [0.3, 0.4) is 0 Å². The van der Waals surface area contributed by atoms with E-state index in [1.54, 1.807) is 0 Å². The molecule has 0 amide bonds. The number of aliphatic imine (C=N–C) groups is 1. The van der Waals surface area contributed by atoms with Gasteiger partial charge in [0.1, 0.15) is 6.10 Å². The third kappa shape index (κ3) is 3.98. The minimum atomic E-state index is -4.64. The Morgan fingerprint density at radius 1 is 1.08 bits per heavy atom. The predicted octanol–water partition coefficient (Wildman–Crippen LogP) is 3.32. The molecule has 138 valence electrons. The third-order valence-electron chi connectivity index (χ3n) is 4.73. The van der Waals surface area contributed by atoms with Crippen molar-refractivity contribution < 1.29 is 26.3 Å². The van der Waals surface area contributed by atoms with E-state index in [1.165, 1.54) is 24.3 Å². The monoisotopic (exact) mass is 376 g/mol. The van der Waals surface area contributed by atoms with Crippen molar-refractivity contribution in [2.24, 2.45) is 16.0 Å². The number of alkyl halides is 3. The van der Waals surface area contributed by atoms with E-state index >= 15 is 0 Å². The Labute approximate surface area is 144 Å². The summed E-state index contributed by atoms with van der Waals surface area (Å²) in [5.41, 5.74) is 0.464. The summed E-state index contributed by atoms with van der Waals surface area (Å²) in [5.74, 6) is -1.18. The molecule has 2 atom stereocenters. The molecule has 1 heterocycles. The molecule has 5 nitrogen and oxygen atoms in total. The van der Waals surface area contributed by atoms with Crippen LogP contribution in [-0.4, -0.2) is 26.5 Å². The van der Waals surface area contributed by atoms with E-state index in [4.69, 9.17) is 9.88 Å². The van der Waals surface area contributed by atoms with Crippen molar-refractivity contribution in [2.45, 2.75) is 55.3 Å². The van der Waals surface area contributed by atoms with E-state index in [0.717, 1.165) is 32.1 Å². The maximum Gasteiger partial charge on any atom is 0.468 e. The molecule has 0 saturated heterocycles. The Kier molecular flexibility index (Phi) is 4.80. The first kappa shape index (κ1) is 18.2. The highest BCUT2D eigenvalue weighted by Crippen LogP contribution is 2.42. The molecule has 1 aliphatic heterocycles. The van der Waals surface area contributed by atoms with Gasteiger partial charge in [-0.2, -0.15) is 13.2 Å². The van der Waals surface area contributed by atoms with Crippen molar-refractivity contribution in [2.75, 3.05) is 0 Å². The first-order valence-electron chi connectivity index (χ1n) is 8.10. The third-order valence-corrected chi connectivity index (χ3v) is 5.66. The second-order valence-electron chi connectivity index (χ2n) is 6.47. The fraction of sp³-hybridized carbons (Fsp3) is 0.562. The van der Waals surface area contributed by atoms with E-state index in [-0.39, 0.29) is 10.8 Å². The summed E-state index contributed by atoms with van der Waals surface area (Å²) < 4.78 is 67.0. The van der Waals surface area contributed by atoms with Crippen LogP contribution in [0.1, 0.15) is 43.8 Å². The van der Waals surface area contributed by atoms with Crippen LogP contribution in [0.2, 0.25) is 0 Å². The van der Waals surface area contributed by atoms with Crippen LogP contribution in [0.15, 0.2) is 34.2 Å². The lowest BCUT2D eigenvalue weighted by molar-refractivity contribution is -0.0797. The molecular formula is C16H19F3N2O3S. The number of hydrogen-bond acceptors (Lipinski definition) is 4. The average Bonchev–Trinajstić information content (AvgIpc) is 3.00. The van der Waals surface area contributed by atoms with Crippen LogP contribution in [-0.2, 0) is 14.8 Å². The van der Waals surface area contributed by atoms with Crippen LogP contribution in [0.5, 0.6) is 0 Å². The second-order valence-corrected chi connectivity index (χ2v) is 8.03. The molecule has 2 aliphatic rings. The van der Waals surface area contributed by atoms with E-state index in [1.807, 2.05) is 0 Å². The molecule has 1 aromatic carbocycles. The Morgan fingerprint density at radius 2 is 1.68 bits per heavy atom. The quantitative estimate of drug-likeness (QED) is 0.879. The minimum Gasteiger partial charge on any atom is -0.464 e. The summed E-state index contributed by atoms with van der Waals surface area (Å²) in [6, 6.07) is 4.82. The van der Waals surface area contributed by atoms with E-state index < -0.39 is 34.2 Å². The molecule has 25 heavy (non-hydrogen) atoms. The smallest absolute Gasteiger partial charge is 0.464 e. The number of nitrogens with zero attached hydrogens (tertiary/aromatic N) is 1. The summed E-state index contributed by atoms with van der Waals surface area (Å²) in [4.78, 5) is 3.74. The Balaban J connectivity index is 1.90. The van der Waals surface area contributed by atoms with Crippen molar-refractivity contribution >= 4 is 15.9 Å². The molecule has 2 N–H and O–H groups in total. The molecule has 0 spiro atoms. The van der Waals surface area contributed by atoms with Gasteiger partial charge in [0.05, 0.1) is 10.9 Å². The maximum absolute atomic E-state index is 13.1. The Morgan fingerprint density at radius 3 is 2.20 bits per heavy atom. The van der Waals surface area contributed by atoms with E-state index in [0.29, 0.717) is 5.56 Å². The topological polar surface area (TPSA) is 81.8 Å². The van der Waals surface area contributed by atoms with E-state index in [2.05, 4.69) is 4.99 Å². The summed E-state index contributed by atoms with van der Waals surface area (Å²) in [7, 11) is -3.86. The number of primary sulfonamides is 1. The number of sulfonamides is 1. The molecule has 1 fully saturated rings. The normalized spacial score (nSPS) is 25.5. The number of ether oxygens (including phenoxy) is 1. The number of nitrogens with two attached hydrogens (primary N) is 1. The summed E-state index contributed by atoms with van der Waals surface area (Å²) in [6.45, 7) is 0. The van der Waals surface area contributed by atoms with Gasteiger partial charge < -0.3 is 4.74 Å². The largest absolute Gasteiger partial charge is 0.468 e. The molecule has 9 heteroatoms. The highest BCUT2D eigenvalue weighted by Gasteiger charge is 2.48. The van der Waals surface area contributed by atoms with Gasteiger partial charge in [-0.25, -0.2) is 18.5 Å². The van der Waals surface area contributed by atoms with Crippen LogP contribution in [0, 0.1) is 5.92 Å². The molecule has 0 radical (unpaired) electrons. The van der Waals surface area contributed by atoms with Gasteiger partial charge in [0, 0.05) is 0 Å². The highest BCUT2D eigenvalue weighted by molar-refractivity contribution is 7.89. The molecule has 2 unspecified atom stereocenters. The van der Waals surface area contributed by atoms with E-state index in [9.17, 15) is 21.6 Å². The summed E-state index contributed by atoms with van der Waals surface area (Å²) in [6.07, 6.45) is -0.864. The first-order chi connectivity index (χ1) is 11.7. The number of benzene rings is 1. The predicted molar refractivity (Wildman–Crippen MR) is 85.5 cm³/mol. The van der Waals surface area contributed by atoms with Crippen LogP contribution < -0.4 is 5.14 Å². The van der Waals surface area contributed by atoms with Gasteiger partial charge in [-0.1, -0.05) is 31.4 Å². The van der Waals surface area contributed by atoms with Crippen molar-refractivity contribution in [3.8, 4) is 0 Å². The van der Waals surface area contributed by atoms with Gasteiger partial charge in [0.15, 0.2) is 0 Å². The molecule has 3 rings (SSSR count). The average molecular weight is 376 g/mol. The standard InChI is InChI=1S/C16H19F3N2O3S/c17-16(18,19)15-21-13(10-4-2-1-3-5-10)14(24-15)11-6-8-12(9-7-11)25(20,22)23/h6-10,13-14H,1-5H2,(H2,20,22,23). The van der Waals surface area contributed by atoms with Crippen LogP contribution >= 0.6 is 0 Å². The van der Waals surface area contributed by atoms with Gasteiger partial charge in [0.2, 0.25) is 10.0 Å². The van der Waals surface area contributed by atoms with Gasteiger partial charge >= 0.3 is 6.18 Å². The fourth-order valence-electron chi connectivity index (χ4n) is 3.50. The number of halogens is 3. The zero-order valence-corrected chi connectivity index (χ0v) is 14.2. The van der Waals surface area contributed by atoms with Gasteiger partial charge in [-0.3, -0.25) is 0 Å². The maximum atomic E-state index is 13.1. The number of rotatable bonds is 3. The molecule has 1 aromatic rings. The van der Waals surface area contributed by atoms with Crippen LogP contribution in [0.25, 0.3) is 0 Å². The van der Waals surface area contributed by atoms with Crippen molar-refractivity contribution in [3.05, 3.63) is 29.8 Å². The zero-order chi connectivity index (χ0) is 18.2. The molecule has 1 saturated carbocycles. The van der Waals surface area contributed by atoms with Crippen molar-refractivity contribution in [1.29, 1.82) is 0 Å². The molecule has 0 aromatic heterocycles. The SMILES string of the molecule is NS(=O)(=O)c1ccc(C2OC(C(F)(F)F)=NC2C2CCCCC2)cc1. The zero-order valence-electron chi connectivity index (χ0n) is 13.4.